The van der Waals surface area contributed by atoms with Crippen LogP contribution in [0.3, 0.4) is 0 Å². The molecule has 2 atom stereocenters. The van der Waals surface area contributed by atoms with Gasteiger partial charge in [0.1, 0.15) is 6.10 Å². The Morgan fingerprint density at radius 1 is 1.50 bits per heavy atom. The number of carboxylic acid groups (broad SMARTS) is 1. The largest absolute Gasteiger partial charge is 0.493 e. The number of aliphatic hydroxyl groups excluding tert-OH is 1. The minimum absolute atomic E-state index is 0.0107. The summed E-state index contributed by atoms with van der Waals surface area (Å²) in [4.78, 5) is 10.5. The molecular formula is C11H11FO6. The van der Waals surface area contributed by atoms with Crippen molar-refractivity contribution in [2.24, 2.45) is 0 Å². The number of hydrogen-bond donors (Lipinski definition) is 2. The van der Waals surface area contributed by atoms with Crippen LogP contribution in [0, 0.1) is 0 Å². The van der Waals surface area contributed by atoms with E-state index in [4.69, 9.17) is 19.3 Å². The molecule has 0 amide bonds. The lowest BCUT2D eigenvalue weighted by Crippen LogP contribution is -2.23. The van der Waals surface area contributed by atoms with Gasteiger partial charge in [0.25, 0.3) is 0 Å². The fourth-order valence-corrected chi connectivity index (χ4v) is 1.62. The van der Waals surface area contributed by atoms with E-state index in [9.17, 15) is 14.3 Å². The maximum Gasteiger partial charge on any atom is 0.341 e. The lowest BCUT2D eigenvalue weighted by molar-refractivity contribution is -0.147. The molecular weight excluding hydrogens is 247 g/mol. The molecule has 0 saturated heterocycles. The van der Waals surface area contributed by atoms with Gasteiger partial charge in [-0.15, -0.1) is 0 Å². The molecule has 0 radical (unpaired) electrons. The van der Waals surface area contributed by atoms with E-state index in [1.807, 2.05) is 0 Å². The molecule has 0 saturated carbocycles. The second kappa shape index (κ2) is 4.69. The summed E-state index contributed by atoms with van der Waals surface area (Å²) in [5, 5.41) is 18.1. The van der Waals surface area contributed by atoms with Crippen LogP contribution in [0.5, 0.6) is 17.2 Å². The van der Waals surface area contributed by atoms with Gasteiger partial charge in [0, 0.05) is 0 Å². The summed E-state index contributed by atoms with van der Waals surface area (Å²) in [6.45, 7) is -0.0107. The third-order valence-electron chi connectivity index (χ3n) is 2.54. The van der Waals surface area contributed by atoms with Gasteiger partial charge < -0.3 is 24.4 Å². The Hall–Kier alpha value is -2.02. The van der Waals surface area contributed by atoms with Crippen molar-refractivity contribution in [2.45, 2.75) is 12.3 Å². The molecule has 7 heteroatoms. The Morgan fingerprint density at radius 3 is 2.83 bits per heavy atom. The standard InChI is InChI=1S/C11H11FO6/c1-16-6-2-5(9(13)8(12)11(14)15)3-7-10(6)18-4-17-7/h2-3,8-9,13H,4H2,1H3,(H,14,15). The summed E-state index contributed by atoms with van der Waals surface area (Å²) in [6, 6.07) is 2.64. The van der Waals surface area contributed by atoms with E-state index < -0.39 is 18.2 Å². The van der Waals surface area contributed by atoms with Gasteiger partial charge >= 0.3 is 5.97 Å². The van der Waals surface area contributed by atoms with E-state index in [1.54, 1.807) is 0 Å². The normalized spacial score (nSPS) is 16.2. The first-order valence-electron chi connectivity index (χ1n) is 5.07. The molecule has 1 heterocycles. The summed E-state index contributed by atoms with van der Waals surface area (Å²) in [5.41, 5.74) is 0.0472. The summed E-state index contributed by atoms with van der Waals surface area (Å²) < 4.78 is 28.4. The molecule has 1 aliphatic rings. The van der Waals surface area contributed by atoms with Crippen molar-refractivity contribution in [2.75, 3.05) is 13.9 Å². The molecule has 2 unspecified atom stereocenters. The lowest BCUT2D eigenvalue weighted by atomic mass is 10.0. The van der Waals surface area contributed by atoms with E-state index in [2.05, 4.69) is 0 Å². The third kappa shape index (κ3) is 2.04. The van der Waals surface area contributed by atoms with Gasteiger partial charge in [0.15, 0.2) is 11.5 Å². The average Bonchev–Trinajstić information content (AvgIpc) is 2.83. The van der Waals surface area contributed by atoms with Crippen LogP contribution in [-0.4, -0.2) is 36.3 Å². The van der Waals surface area contributed by atoms with Gasteiger partial charge in [0.2, 0.25) is 18.7 Å². The first-order chi connectivity index (χ1) is 8.54. The summed E-state index contributed by atoms with van der Waals surface area (Å²) in [7, 11) is 1.37. The summed E-state index contributed by atoms with van der Waals surface area (Å²) >= 11 is 0. The van der Waals surface area contributed by atoms with Crippen LogP contribution in [0.1, 0.15) is 11.7 Å². The van der Waals surface area contributed by atoms with E-state index in [0.717, 1.165) is 0 Å². The summed E-state index contributed by atoms with van der Waals surface area (Å²) in [5.74, 6) is -0.865. The minimum atomic E-state index is -2.42. The predicted octanol–water partition coefficient (Wildman–Crippen LogP) is 0.880. The highest BCUT2D eigenvalue weighted by molar-refractivity contribution is 5.73. The molecule has 0 aromatic heterocycles. The number of alkyl halides is 1. The molecule has 98 valence electrons. The molecule has 1 aromatic carbocycles. The topological polar surface area (TPSA) is 85.2 Å². The number of methoxy groups -OCH3 is 1. The molecule has 6 nitrogen and oxygen atoms in total. The number of rotatable bonds is 4. The molecule has 2 N–H and O–H groups in total. The van der Waals surface area contributed by atoms with Crippen LogP contribution >= 0.6 is 0 Å². The van der Waals surface area contributed by atoms with E-state index in [0.29, 0.717) is 5.75 Å². The van der Waals surface area contributed by atoms with Crippen LogP contribution < -0.4 is 14.2 Å². The lowest BCUT2D eigenvalue weighted by Gasteiger charge is -2.14. The van der Waals surface area contributed by atoms with Gasteiger partial charge in [-0.25, -0.2) is 9.18 Å². The van der Waals surface area contributed by atoms with Crippen LogP contribution in [0.4, 0.5) is 4.39 Å². The maximum absolute atomic E-state index is 13.2. The van der Waals surface area contributed by atoms with Gasteiger partial charge in [-0.2, -0.15) is 0 Å². The van der Waals surface area contributed by atoms with Crippen LogP contribution in [0.15, 0.2) is 12.1 Å². The third-order valence-corrected chi connectivity index (χ3v) is 2.54. The molecule has 0 fully saturated rings. The quantitative estimate of drug-likeness (QED) is 0.833. The number of carbonyl (C=O) groups is 1. The van der Waals surface area contributed by atoms with Gasteiger partial charge in [-0.05, 0) is 17.7 Å². The monoisotopic (exact) mass is 258 g/mol. The minimum Gasteiger partial charge on any atom is -0.493 e. The van der Waals surface area contributed by atoms with Gasteiger partial charge in [-0.1, -0.05) is 0 Å². The highest BCUT2D eigenvalue weighted by Crippen LogP contribution is 2.43. The Kier molecular flexibility index (Phi) is 3.24. The zero-order valence-corrected chi connectivity index (χ0v) is 9.42. The fourth-order valence-electron chi connectivity index (χ4n) is 1.62. The predicted molar refractivity (Wildman–Crippen MR) is 56.6 cm³/mol. The van der Waals surface area contributed by atoms with Crippen molar-refractivity contribution < 1.29 is 33.6 Å². The Labute approximate surface area is 102 Å². The number of ether oxygens (including phenoxy) is 3. The Bertz CT molecular complexity index is 475. The van der Waals surface area contributed by atoms with Gasteiger partial charge in [0.05, 0.1) is 7.11 Å². The van der Waals surface area contributed by atoms with Crippen molar-refractivity contribution in [1.82, 2.24) is 0 Å². The van der Waals surface area contributed by atoms with Crippen molar-refractivity contribution in [1.29, 1.82) is 0 Å². The number of aliphatic hydroxyl groups is 1. The molecule has 0 aliphatic carbocycles. The van der Waals surface area contributed by atoms with Crippen LogP contribution in [-0.2, 0) is 4.79 Å². The first-order valence-corrected chi connectivity index (χ1v) is 5.07. The number of carboxylic acids is 1. The van der Waals surface area contributed by atoms with Crippen LogP contribution in [0.2, 0.25) is 0 Å². The Morgan fingerprint density at radius 2 is 2.22 bits per heavy atom. The average molecular weight is 258 g/mol. The molecule has 1 aromatic rings. The van der Waals surface area contributed by atoms with E-state index in [1.165, 1.54) is 19.2 Å². The molecule has 18 heavy (non-hydrogen) atoms. The number of fused-ring (bicyclic) bond motifs is 1. The number of benzene rings is 1. The smallest absolute Gasteiger partial charge is 0.341 e. The number of aliphatic carboxylic acids is 1. The van der Waals surface area contributed by atoms with E-state index in [-0.39, 0.29) is 23.9 Å². The molecule has 2 rings (SSSR count). The van der Waals surface area contributed by atoms with Gasteiger partial charge in [-0.3, -0.25) is 0 Å². The first kappa shape index (κ1) is 12.4. The van der Waals surface area contributed by atoms with E-state index >= 15 is 0 Å². The maximum atomic E-state index is 13.2. The molecule has 0 bridgehead atoms. The highest BCUT2D eigenvalue weighted by Gasteiger charge is 2.30. The second-order valence-electron chi connectivity index (χ2n) is 3.64. The zero-order valence-electron chi connectivity index (χ0n) is 9.42. The van der Waals surface area contributed by atoms with Crippen LogP contribution in [0.25, 0.3) is 0 Å². The van der Waals surface area contributed by atoms with Crippen molar-refractivity contribution >= 4 is 5.97 Å². The second-order valence-corrected chi connectivity index (χ2v) is 3.64. The molecule has 1 aliphatic heterocycles. The fraction of sp³-hybridized carbons (Fsp3) is 0.364. The SMILES string of the molecule is COc1cc(C(O)C(F)C(=O)O)cc2c1OCO2. The highest BCUT2D eigenvalue weighted by atomic mass is 19.1. The number of halogens is 1. The van der Waals surface area contributed by atoms with Crippen molar-refractivity contribution in [3.8, 4) is 17.2 Å². The molecule has 0 spiro atoms. The van der Waals surface area contributed by atoms with Crippen molar-refractivity contribution in [3.05, 3.63) is 17.7 Å². The van der Waals surface area contributed by atoms with Crippen molar-refractivity contribution in [3.63, 3.8) is 0 Å². The zero-order chi connectivity index (χ0) is 13.3. The summed E-state index contributed by atoms with van der Waals surface area (Å²) in [6.07, 6.45) is -4.22. The number of hydrogen-bond acceptors (Lipinski definition) is 5. The Balaban J connectivity index is 2.37.